The van der Waals surface area contributed by atoms with Crippen molar-refractivity contribution in [3.63, 3.8) is 0 Å². The van der Waals surface area contributed by atoms with Crippen LogP contribution in [0.5, 0.6) is 0 Å². The largest absolute Gasteiger partial charge is 0.360 e. The van der Waals surface area contributed by atoms with E-state index < -0.39 is 0 Å². The van der Waals surface area contributed by atoms with Gasteiger partial charge in [-0.25, -0.2) is 4.98 Å². The summed E-state index contributed by atoms with van der Waals surface area (Å²) in [6.07, 6.45) is 2.74. The van der Waals surface area contributed by atoms with E-state index in [4.69, 9.17) is 0 Å². The molecule has 0 unspecified atom stereocenters. The van der Waals surface area contributed by atoms with Crippen LogP contribution in [0.4, 0.5) is 5.69 Å². The monoisotopic (exact) mass is 423 g/mol. The van der Waals surface area contributed by atoms with Gasteiger partial charge in [-0.05, 0) is 42.7 Å². The number of nitrogens with zero attached hydrogens (tertiary/aromatic N) is 2. The van der Waals surface area contributed by atoms with Gasteiger partial charge in [0.1, 0.15) is 16.6 Å². The van der Waals surface area contributed by atoms with Gasteiger partial charge in [-0.1, -0.05) is 47.1 Å². The van der Waals surface area contributed by atoms with Crippen molar-refractivity contribution in [2.75, 3.05) is 5.32 Å². The second-order valence-electron chi connectivity index (χ2n) is 5.86. The molecule has 0 saturated carbocycles. The molecule has 130 valence electrons. The Morgan fingerprint density at radius 1 is 1.27 bits per heavy atom. The molecular formula is C21H18BrN3S. The maximum Gasteiger partial charge on any atom is 0.136 e. The topological polar surface area (TPSA) is 48.7 Å². The minimum Gasteiger partial charge on any atom is -0.360 e. The second kappa shape index (κ2) is 8.31. The summed E-state index contributed by atoms with van der Waals surface area (Å²) in [7, 11) is 0. The summed E-state index contributed by atoms with van der Waals surface area (Å²) >= 11 is 4.94. The first kappa shape index (κ1) is 18.4. The number of nitrogens with one attached hydrogen (secondary N) is 1. The van der Waals surface area contributed by atoms with Crippen LogP contribution in [0.2, 0.25) is 0 Å². The van der Waals surface area contributed by atoms with Crippen molar-refractivity contribution in [1.29, 1.82) is 5.26 Å². The number of hydrogen-bond acceptors (Lipinski definition) is 4. The van der Waals surface area contributed by atoms with E-state index in [1.165, 1.54) is 16.9 Å². The number of halogens is 1. The molecule has 5 heteroatoms. The zero-order valence-corrected chi connectivity index (χ0v) is 17.0. The average Bonchev–Trinajstić information content (AvgIpc) is 3.14. The molecule has 0 radical (unpaired) electrons. The van der Waals surface area contributed by atoms with Gasteiger partial charge in [-0.2, -0.15) is 5.26 Å². The van der Waals surface area contributed by atoms with Gasteiger partial charge in [0.05, 0.1) is 5.69 Å². The molecule has 2 aromatic carbocycles. The molecule has 3 rings (SSSR count). The molecule has 26 heavy (non-hydrogen) atoms. The lowest BCUT2D eigenvalue weighted by Gasteiger charge is -2.06. The highest BCUT2D eigenvalue weighted by molar-refractivity contribution is 9.10. The fourth-order valence-corrected chi connectivity index (χ4v) is 3.79. The third-order valence-corrected chi connectivity index (χ3v) is 5.44. The normalized spacial score (nSPS) is 11.2. The number of hydrogen-bond donors (Lipinski definition) is 1. The summed E-state index contributed by atoms with van der Waals surface area (Å²) < 4.78 is 1.03. The van der Waals surface area contributed by atoms with Gasteiger partial charge in [0.2, 0.25) is 0 Å². The van der Waals surface area contributed by atoms with Crippen LogP contribution in [-0.4, -0.2) is 4.98 Å². The van der Waals surface area contributed by atoms with Crippen molar-refractivity contribution >= 4 is 38.5 Å². The molecule has 0 bridgehead atoms. The third-order valence-electron chi connectivity index (χ3n) is 4.07. The summed E-state index contributed by atoms with van der Waals surface area (Å²) in [5.74, 6) is 0. The van der Waals surface area contributed by atoms with Gasteiger partial charge in [0, 0.05) is 27.3 Å². The van der Waals surface area contributed by atoms with Gasteiger partial charge >= 0.3 is 0 Å². The molecule has 0 amide bonds. The van der Waals surface area contributed by atoms with Gasteiger partial charge < -0.3 is 5.32 Å². The second-order valence-corrected chi connectivity index (χ2v) is 7.64. The van der Waals surface area contributed by atoms with E-state index in [0.29, 0.717) is 10.6 Å². The number of thiazole rings is 1. The lowest BCUT2D eigenvalue weighted by Crippen LogP contribution is -1.93. The standard InChI is InChI=1S/C21H18BrN3S/c1-3-15-4-6-16(7-5-15)20-13-26-21(25-20)17(11-23)12-24-19-9-8-18(22)10-14(19)2/h4-10,12-13,24H,3H2,1-2H3/b17-12+. The Labute approximate surface area is 166 Å². The molecule has 0 fully saturated rings. The number of anilines is 1. The summed E-state index contributed by atoms with van der Waals surface area (Å²) in [5.41, 5.74) is 5.86. The van der Waals surface area contributed by atoms with Crippen LogP contribution < -0.4 is 5.32 Å². The van der Waals surface area contributed by atoms with Crippen LogP contribution >= 0.6 is 27.3 Å². The Balaban J connectivity index is 1.82. The zero-order valence-electron chi connectivity index (χ0n) is 14.6. The van der Waals surface area contributed by atoms with E-state index >= 15 is 0 Å². The van der Waals surface area contributed by atoms with E-state index in [2.05, 4.69) is 63.5 Å². The maximum atomic E-state index is 9.52. The van der Waals surface area contributed by atoms with Crippen molar-refractivity contribution in [1.82, 2.24) is 4.98 Å². The molecule has 3 nitrogen and oxygen atoms in total. The van der Waals surface area contributed by atoms with Crippen molar-refractivity contribution in [2.24, 2.45) is 0 Å². The smallest absolute Gasteiger partial charge is 0.136 e. The van der Waals surface area contributed by atoms with E-state index in [1.807, 2.05) is 30.5 Å². The minimum absolute atomic E-state index is 0.522. The van der Waals surface area contributed by atoms with Crippen molar-refractivity contribution in [3.8, 4) is 17.3 Å². The highest BCUT2D eigenvalue weighted by atomic mass is 79.9. The number of nitriles is 1. The van der Waals surface area contributed by atoms with Crippen molar-refractivity contribution in [2.45, 2.75) is 20.3 Å². The van der Waals surface area contributed by atoms with Crippen LogP contribution in [0.15, 0.2) is 58.5 Å². The molecule has 1 N–H and O–H groups in total. The number of benzene rings is 2. The van der Waals surface area contributed by atoms with Gasteiger partial charge in [0.25, 0.3) is 0 Å². The average molecular weight is 424 g/mol. The summed E-state index contributed by atoms with van der Waals surface area (Å²) in [6.45, 7) is 4.16. The maximum absolute atomic E-state index is 9.52. The van der Waals surface area contributed by atoms with Crippen molar-refractivity contribution < 1.29 is 0 Å². The van der Waals surface area contributed by atoms with Crippen LogP contribution in [0.3, 0.4) is 0 Å². The predicted octanol–water partition coefficient (Wildman–Crippen LogP) is 6.42. The molecule has 0 aliphatic rings. The number of aryl methyl sites for hydroxylation is 2. The van der Waals surface area contributed by atoms with Gasteiger partial charge in [-0.15, -0.1) is 11.3 Å². The van der Waals surface area contributed by atoms with E-state index in [1.54, 1.807) is 6.20 Å². The molecule has 0 atom stereocenters. The Bertz CT molecular complexity index is 981. The Morgan fingerprint density at radius 2 is 2.04 bits per heavy atom. The van der Waals surface area contributed by atoms with Gasteiger partial charge in [0.15, 0.2) is 0 Å². The minimum atomic E-state index is 0.522. The number of allylic oxidation sites excluding steroid dienone is 1. The number of rotatable bonds is 5. The fourth-order valence-electron chi connectivity index (χ4n) is 2.52. The Hall–Kier alpha value is -2.42. The molecule has 0 spiro atoms. The highest BCUT2D eigenvalue weighted by Gasteiger charge is 2.09. The van der Waals surface area contributed by atoms with Crippen LogP contribution in [0.25, 0.3) is 16.8 Å². The molecule has 0 saturated heterocycles. The van der Waals surface area contributed by atoms with Crippen LogP contribution in [0.1, 0.15) is 23.1 Å². The van der Waals surface area contributed by atoms with Crippen LogP contribution in [0, 0.1) is 18.3 Å². The molecule has 3 aromatic rings. The molecule has 0 aliphatic heterocycles. The van der Waals surface area contributed by atoms with Crippen LogP contribution in [-0.2, 0) is 6.42 Å². The molecule has 1 heterocycles. The van der Waals surface area contributed by atoms with E-state index in [-0.39, 0.29) is 0 Å². The quantitative estimate of drug-likeness (QED) is 0.481. The summed E-state index contributed by atoms with van der Waals surface area (Å²) in [4.78, 5) is 4.64. The molecular weight excluding hydrogens is 406 g/mol. The molecule has 1 aromatic heterocycles. The Morgan fingerprint density at radius 3 is 2.69 bits per heavy atom. The highest BCUT2D eigenvalue weighted by Crippen LogP contribution is 2.27. The van der Waals surface area contributed by atoms with E-state index in [9.17, 15) is 5.26 Å². The third kappa shape index (κ3) is 4.21. The first-order valence-corrected chi connectivity index (χ1v) is 9.96. The fraction of sp³-hybridized carbons (Fsp3) is 0.143. The first-order valence-electron chi connectivity index (χ1n) is 8.29. The van der Waals surface area contributed by atoms with Crippen molar-refractivity contribution in [3.05, 3.63) is 74.7 Å². The van der Waals surface area contributed by atoms with Gasteiger partial charge in [-0.3, -0.25) is 0 Å². The SMILES string of the molecule is CCc1ccc(-c2csc(/C(C#N)=C/Nc3ccc(Br)cc3C)n2)cc1. The lowest BCUT2D eigenvalue weighted by atomic mass is 10.1. The van der Waals surface area contributed by atoms with E-state index in [0.717, 1.165) is 33.4 Å². The number of aromatic nitrogens is 1. The first-order chi connectivity index (χ1) is 12.6. The Kier molecular flexibility index (Phi) is 5.87. The zero-order chi connectivity index (χ0) is 18.5. The molecule has 0 aliphatic carbocycles. The lowest BCUT2D eigenvalue weighted by molar-refractivity contribution is 1.14. The predicted molar refractivity (Wildman–Crippen MR) is 113 cm³/mol. The summed E-state index contributed by atoms with van der Waals surface area (Å²) in [6, 6.07) is 16.6. The summed E-state index contributed by atoms with van der Waals surface area (Å²) in [5, 5.41) is 15.4.